The topological polar surface area (TPSA) is 73.0 Å². The smallest absolute Gasteiger partial charge is 0.333 e. The van der Waals surface area contributed by atoms with Crippen molar-refractivity contribution in [3.8, 4) is 0 Å². The maximum Gasteiger partial charge on any atom is 0.333 e. The van der Waals surface area contributed by atoms with E-state index in [0.29, 0.717) is 17.9 Å². The van der Waals surface area contributed by atoms with Crippen LogP contribution in [0.2, 0.25) is 0 Å². The minimum absolute atomic E-state index is 0.111. The molecule has 0 amide bonds. The number of aromatic nitrogens is 2. The number of hydrogen-bond acceptors (Lipinski definition) is 5. The zero-order valence-corrected chi connectivity index (χ0v) is 12.8. The van der Waals surface area contributed by atoms with Crippen molar-refractivity contribution in [1.82, 2.24) is 9.78 Å². The number of hydrogen-bond donors (Lipinski definition) is 1. The molecule has 1 aromatic rings. The van der Waals surface area contributed by atoms with Crippen LogP contribution in [0, 0.1) is 10.1 Å². The zero-order chi connectivity index (χ0) is 14.4. The number of aryl methyl sites for hydroxylation is 2. The van der Waals surface area contributed by atoms with Crippen LogP contribution in [0.25, 0.3) is 0 Å². The maximum atomic E-state index is 11.2. The van der Waals surface area contributed by atoms with Gasteiger partial charge in [-0.25, -0.2) is 4.68 Å². The highest BCUT2D eigenvalue weighted by Gasteiger charge is 2.26. The highest BCUT2D eigenvalue weighted by molar-refractivity contribution is 7.99. The van der Waals surface area contributed by atoms with Crippen LogP contribution in [0.1, 0.15) is 32.9 Å². The third-order valence-electron chi connectivity index (χ3n) is 2.89. The first-order valence-corrected chi connectivity index (χ1v) is 7.71. The van der Waals surface area contributed by atoms with Gasteiger partial charge in [0.1, 0.15) is 5.69 Å². The van der Waals surface area contributed by atoms with Crippen LogP contribution in [0.5, 0.6) is 0 Å². The standard InChI is InChI=1S/C12H22N4O2S/c1-5-10-11(16(17)18)12(15(4)14-10)13-9(3)7-8-19-6-2/h9,13H,5-8H2,1-4H3. The summed E-state index contributed by atoms with van der Waals surface area (Å²) >= 11 is 1.88. The second-order valence-corrected chi connectivity index (χ2v) is 5.80. The fourth-order valence-electron chi connectivity index (χ4n) is 1.87. The van der Waals surface area contributed by atoms with Gasteiger partial charge >= 0.3 is 5.69 Å². The van der Waals surface area contributed by atoms with Crippen molar-refractivity contribution < 1.29 is 4.92 Å². The Balaban J connectivity index is 2.82. The first kappa shape index (κ1) is 15.8. The zero-order valence-electron chi connectivity index (χ0n) is 12.0. The number of thioether (sulfide) groups is 1. The molecule has 19 heavy (non-hydrogen) atoms. The monoisotopic (exact) mass is 286 g/mol. The Morgan fingerprint density at radius 3 is 2.74 bits per heavy atom. The van der Waals surface area contributed by atoms with Gasteiger partial charge in [0.05, 0.1) is 4.92 Å². The van der Waals surface area contributed by atoms with E-state index in [1.165, 1.54) is 0 Å². The molecule has 1 heterocycles. The van der Waals surface area contributed by atoms with Crippen LogP contribution < -0.4 is 5.32 Å². The average Bonchev–Trinajstić information content (AvgIpc) is 2.66. The second kappa shape index (κ2) is 7.37. The van der Waals surface area contributed by atoms with Crippen LogP contribution in [-0.4, -0.2) is 32.3 Å². The summed E-state index contributed by atoms with van der Waals surface area (Å²) in [4.78, 5) is 10.8. The highest BCUT2D eigenvalue weighted by atomic mass is 32.2. The Hall–Kier alpha value is -1.24. The Kier molecular flexibility index (Phi) is 6.14. The molecule has 0 saturated carbocycles. The molecule has 0 aliphatic heterocycles. The van der Waals surface area contributed by atoms with Crippen molar-refractivity contribution in [3.63, 3.8) is 0 Å². The van der Waals surface area contributed by atoms with Gasteiger partial charge in [-0.2, -0.15) is 16.9 Å². The lowest BCUT2D eigenvalue weighted by atomic mass is 10.2. The highest BCUT2D eigenvalue weighted by Crippen LogP contribution is 2.29. The lowest BCUT2D eigenvalue weighted by Gasteiger charge is -2.14. The first-order valence-electron chi connectivity index (χ1n) is 6.55. The minimum atomic E-state index is -0.346. The van der Waals surface area contributed by atoms with Crippen molar-refractivity contribution >= 4 is 23.3 Å². The minimum Gasteiger partial charge on any atom is -0.362 e. The molecule has 1 unspecified atom stereocenters. The van der Waals surface area contributed by atoms with Gasteiger partial charge in [-0.3, -0.25) is 10.1 Å². The number of nitro groups is 1. The molecule has 0 radical (unpaired) electrons. The lowest BCUT2D eigenvalue weighted by Crippen LogP contribution is -2.19. The fourth-order valence-corrected chi connectivity index (χ4v) is 2.68. The van der Waals surface area contributed by atoms with E-state index in [-0.39, 0.29) is 16.7 Å². The van der Waals surface area contributed by atoms with Crippen molar-refractivity contribution in [2.45, 2.75) is 39.7 Å². The summed E-state index contributed by atoms with van der Waals surface area (Å²) in [7, 11) is 1.74. The molecule has 1 aromatic heterocycles. The Morgan fingerprint density at radius 1 is 1.53 bits per heavy atom. The van der Waals surface area contributed by atoms with E-state index in [2.05, 4.69) is 17.3 Å². The number of anilines is 1. The fraction of sp³-hybridized carbons (Fsp3) is 0.750. The van der Waals surface area contributed by atoms with Gasteiger partial charge in [-0.1, -0.05) is 13.8 Å². The number of nitrogens with zero attached hydrogens (tertiary/aromatic N) is 3. The van der Waals surface area contributed by atoms with E-state index in [4.69, 9.17) is 0 Å². The summed E-state index contributed by atoms with van der Waals surface area (Å²) in [5.41, 5.74) is 0.644. The van der Waals surface area contributed by atoms with Gasteiger partial charge in [0, 0.05) is 13.1 Å². The lowest BCUT2D eigenvalue weighted by molar-refractivity contribution is -0.384. The summed E-state index contributed by atoms with van der Waals surface area (Å²) in [6.45, 7) is 6.04. The van der Waals surface area contributed by atoms with E-state index in [9.17, 15) is 10.1 Å². The van der Waals surface area contributed by atoms with Gasteiger partial charge in [0.2, 0.25) is 5.82 Å². The average molecular weight is 286 g/mol. The van der Waals surface area contributed by atoms with E-state index in [1.54, 1.807) is 11.7 Å². The summed E-state index contributed by atoms with van der Waals surface area (Å²) in [5, 5.41) is 18.6. The molecular formula is C12H22N4O2S. The van der Waals surface area contributed by atoms with E-state index in [1.807, 2.05) is 25.6 Å². The Labute approximate surface area is 118 Å². The molecular weight excluding hydrogens is 264 g/mol. The summed E-state index contributed by atoms with van der Waals surface area (Å²) in [6, 6.07) is 0.192. The maximum absolute atomic E-state index is 11.2. The number of nitrogens with one attached hydrogen (secondary N) is 1. The molecule has 108 valence electrons. The number of rotatable bonds is 8. The van der Waals surface area contributed by atoms with Crippen molar-refractivity contribution in [1.29, 1.82) is 0 Å². The van der Waals surface area contributed by atoms with Crippen molar-refractivity contribution in [2.75, 3.05) is 16.8 Å². The van der Waals surface area contributed by atoms with Crippen molar-refractivity contribution in [3.05, 3.63) is 15.8 Å². The summed E-state index contributed by atoms with van der Waals surface area (Å²) < 4.78 is 1.57. The van der Waals surface area contributed by atoms with Crippen molar-refractivity contribution in [2.24, 2.45) is 7.05 Å². The quantitative estimate of drug-likeness (QED) is 0.452. The molecule has 7 heteroatoms. The molecule has 6 nitrogen and oxygen atoms in total. The summed E-state index contributed by atoms with van der Waals surface area (Å²) in [5.74, 6) is 2.66. The van der Waals surface area contributed by atoms with Gasteiger partial charge in [0.25, 0.3) is 0 Å². The predicted molar refractivity (Wildman–Crippen MR) is 79.9 cm³/mol. The molecule has 0 spiro atoms. The normalized spacial score (nSPS) is 12.4. The first-order chi connectivity index (χ1) is 9.01. The van der Waals surface area contributed by atoms with Crippen LogP contribution in [0.3, 0.4) is 0 Å². The van der Waals surface area contributed by atoms with E-state index < -0.39 is 0 Å². The van der Waals surface area contributed by atoms with Crippen LogP contribution in [-0.2, 0) is 13.5 Å². The van der Waals surface area contributed by atoms with E-state index in [0.717, 1.165) is 17.9 Å². The van der Waals surface area contributed by atoms with Crippen LogP contribution in [0.4, 0.5) is 11.5 Å². The molecule has 1 rings (SSSR count). The van der Waals surface area contributed by atoms with Gasteiger partial charge in [-0.15, -0.1) is 0 Å². The molecule has 0 aliphatic rings. The van der Waals surface area contributed by atoms with Crippen LogP contribution in [0.15, 0.2) is 0 Å². The molecule has 0 fully saturated rings. The second-order valence-electron chi connectivity index (χ2n) is 4.41. The molecule has 0 bridgehead atoms. The predicted octanol–water partition coefficient (Wildman–Crippen LogP) is 2.83. The van der Waals surface area contributed by atoms with Gasteiger partial charge in [0.15, 0.2) is 0 Å². The van der Waals surface area contributed by atoms with Gasteiger partial charge in [-0.05, 0) is 31.3 Å². The molecule has 1 N–H and O–H groups in total. The molecule has 0 aromatic carbocycles. The Bertz CT molecular complexity index is 434. The third kappa shape index (κ3) is 4.12. The molecule has 1 atom stereocenters. The van der Waals surface area contributed by atoms with Crippen LogP contribution >= 0.6 is 11.8 Å². The molecule has 0 aliphatic carbocycles. The SMILES string of the molecule is CCSCCC(C)Nc1c([N+](=O)[O-])c(CC)nn1C. The summed E-state index contributed by atoms with van der Waals surface area (Å²) in [6.07, 6.45) is 1.54. The molecule has 0 saturated heterocycles. The Morgan fingerprint density at radius 2 is 2.21 bits per heavy atom. The largest absolute Gasteiger partial charge is 0.362 e. The third-order valence-corrected chi connectivity index (χ3v) is 3.82. The van der Waals surface area contributed by atoms with E-state index >= 15 is 0 Å². The van der Waals surface area contributed by atoms with Gasteiger partial charge < -0.3 is 5.32 Å².